The molecule has 5 heteroatoms. The Morgan fingerprint density at radius 3 is 2.73 bits per heavy atom. The summed E-state index contributed by atoms with van der Waals surface area (Å²) < 4.78 is 0. The van der Waals surface area contributed by atoms with Crippen molar-refractivity contribution in [2.45, 2.75) is 13.3 Å². The van der Waals surface area contributed by atoms with Crippen molar-refractivity contribution < 1.29 is 4.79 Å². The normalized spacial score (nSPS) is 10.4. The predicted octanol–water partition coefficient (Wildman–Crippen LogP) is 3.69. The lowest BCUT2D eigenvalue weighted by molar-refractivity contribution is -0.115. The number of aromatic nitrogens is 2. The molecule has 110 valence electrons. The largest absolute Gasteiger partial charge is 0.316 e. The molecular formula is C17H15N3OS. The zero-order valence-electron chi connectivity index (χ0n) is 12.1. The standard InChI is InChI=1S/C17H15N3OS/c1-12-4-2-3-5-14(12)10-15(21)20-16-11-19-17(22-16)13-6-8-18-9-7-13/h2-9,11H,10H2,1H3,(H,20,21). The minimum Gasteiger partial charge on any atom is -0.316 e. The molecule has 0 saturated heterocycles. The van der Waals surface area contributed by atoms with Crippen molar-refractivity contribution >= 4 is 22.2 Å². The highest BCUT2D eigenvalue weighted by molar-refractivity contribution is 7.19. The number of nitrogens with one attached hydrogen (secondary N) is 1. The molecule has 0 radical (unpaired) electrons. The fourth-order valence-corrected chi connectivity index (χ4v) is 2.96. The fourth-order valence-electron chi connectivity index (χ4n) is 2.12. The van der Waals surface area contributed by atoms with Gasteiger partial charge in [0.1, 0.15) is 10.0 Å². The molecule has 1 aromatic carbocycles. The van der Waals surface area contributed by atoms with E-state index in [0.717, 1.165) is 26.7 Å². The molecule has 0 bridgehead atoms. The van der Waals surface area contributed by atoms with Crippen molar-refractivity contribution in [2.24, 2.45) is 0 Å². The quantitative estimate of drug-likeness (QED) is 0.799. The average molecular weight is 309 g/mol. The number of aryl methyl sites for hydroxylation is 1. The van der Waals surface area contributed by atoms with Gasteiger partial charge in [0, 0.05) is 18.0 Å². The molecule has 3 aromatic rings. The van der Waals surface area contributed by atoms with Gasteiger partial charge in [-0.25, -0.2) is 4.98 Å². The van der Waals surface area contributed by atoms with Crippen molar-refractivity contribution in [3.63, 3.8) is 0 Å². The van der Waals surface area contributed by atoms with E-state index in [1.165, 1.54) is 11.3 Å². The van der Waals surface area contributed by atoms with E-state index < -0.39 is 0 Å². The first-order valence-electron chi connectivity index (χ1n) is 6.93. The van der Waals surface area contributed by atoms with Gasteiger partial charge in [-0.2, -0.15) is 0 Å². The van der Waals surface area contributed by atoms with E-state index in [4.69, 9.17) is 0 Å². The Hall–Kier alpha value is -2.53. The molecule has 0 spiro atoms. The lowest BCUT2D eigenvalue weighted by atomic mass is 10.1. The second-order valence-corrected chi connectivity index (χ2v) is 5.95. The maximum Gasteiger partial charge on any atom is 0.229 e. The van der Waals surface area contributed by atoms with Crippen molar-refractivity contribution in [1.82, 2.24) is 9.97 Å². The molecule has 22 heavy (non-hydrogen) atoms. The molecule has 0 aliphatic carbocycles. The molecule has 0 saturated carbocycles. The molecule has 0 fully saturated rings. The van der Waals surface area contributed by atoms with Crippen molar-refractivity contribution in [1.29, 1.82) is 0 Å². The summed E-state index contributed by atoms with van der Waals surface area (Å²) in [5.74, 6) is -0.0285. The number of hydrogen-bond acceptors (Lipinski definition) is 4. The summed E-state index contributed by atoms with van der Waals surface area (Å²) >= 11 is 1.46. The summed E-state index contributed by atoms with van der Waals surface area (Å²) in [5.41, 5.74) is 3.16. The Labute approximate surface area is 132 Å². The van der Waals surface area contributed by atoms with Gasteiger partial charge in [-0.3, -0.25) is 9.78 Å². The molecule has 0 unspecified atom stereocenters. The van der Waals surface area contributed by atoms with E-state index in [-0.39, 0.29) is 5.91 Å². The van der Waals surface area contributed by atoms with Gasteiger partial charge in [-0.15, -0.1) is 0 Å². The van der Waals surface area contributed by atoms with Crippen LogP contribution in [-0.2, 0) is 11.2 Å². The van der Waals surface area contributed by atoms with Crippen LogP contribution in [0.5, 0.6) is 0 Å². The molecule has 2 aromatic heterocycles. The van der Waals surface area contributed by atoms with Gasteiger partial charge in [0.05, 0.1) is 12.6 Å². The number of nitrogens with zero attached hydrogens (tertiary/aromatic N) is 2. The van der Waals surface area contributed by atoms with Crippen LogP contribution in [0.25, 0.3) is 10.6 Å². The molecule has 1 amide bonds. The van der Waals surface area contributed by atoms with Crippen LogP contribution in [-0.4, -0.2) is 15.9 Å². The number of amides is 1. The van der Waals surface area contributed by atoms with Gasteiger partial charge < -0.3 is 5.32 Å². The van der Waals surface area contributed by atoms with Gasteiger partial charge >= 0.3 is 0 Å². The molecule has 4 nitrogen and oxygen atoms in total. The first-order chi connectivity index (χ1) is 10.7. The van der Waals surface area contributed by atoms with Crippen LogP contribution in [0.1, 0.15) is 11.1 Å². The third kappa shape index (κ3) is 3.38. The number of pyridine rings is 1. The highest BCUT2D eigenvalue weighted by atomic mass is 32.1. The number of benzene rings is 1. The molecule has 2 heterocycles. The number of anilines is 1. The van der Waals surface area contributed by atoms with Gasteiger partial charge in [0.2, 0.25) is 5.91 Å². The van der Waals surface area contributed by atoms with Gasteiger partial charge in [-0.1, -0.05) is 35.6 Å². The highest BCUT2D eigenvalue weighted by Gasteiger charge is 2.09. The van der Waals surface area contributed by atoms with Crippen LogP contribution >= 0.6 is 11.3 Å². The van der Waals surface area contributed by atoms with E-state index in [2.05, 4.69) is 15.3 Å². The van der Waals surface area contributed by atoms with Gasteiger partial charge in [-0.05, 0) is 30.2 Å². The monoisotopic (exact) mass is 309 g/mol. The smallest absolute Gasteiger partial charge is 0.229 e. The maximum atomic E-state index is 12.1. The topological polar surface area (TPSA) is 54.9 Å². The van der Waals surface area contributed by atoms with Crippen LogP contribution in [0.15, 0.2) is 55.0 Å². The number of carbonyl (C=O) groups is 1. The molecule has 0 aliphatic rings. The second kappa shape index (κ2) is 6.49. The van der Waals surface area contributed by atoms with Gasteiger partial charge in [0.15, 0.2) is 0 Å². The first kappa shape index (κ1) is 14.4. The SMILES string of the molecule is Cc1ccccc1CC(=O)Nc1cnc(-c2ccncc2)s1. The maximum absolute atomic E-state index is 12.1. The lowest BCUT2D eigenvalue weighted by Crippen LogP contribution is -2.14. The predicted molar refractivity (Wildman–Crippen MR) is 88.9 cm³/mol. The van der Waals surface area contributed by atoms with E-state index in [9.17, 15) is 4.79 Å². The Morgan fingerprint density at radius 1 is 1.18 bits per heavy atom. The third-order valence-electron chi connectivity index (χ3n) is 3.31. The minimum absolute atomic E-state index is 0.0285. The number of hydrogen-bond donors (Lipinski definition) is 1. The molecule has 0 aliphatic heterocycles. The summed E-state index contributed by atoms with van der Waals surface area (Å²) in [5, 5.41) is 4.53. The lowest BCUT2D eigenvalue weighted by Gasteiger charge is -2.05. The molecule has 3 rings (SSSR count). The zero-order valence-corrected chi connectivity index (χ0v) is 12.9. The van der Waals surface area contributed by atoms with Crippen LogP contribution in [0.3, 0.4) is 0 Å². The minimum atomic E-state index is -0.0285. The van der Waals surface area contributed by atoms with E-state index in [0.29, 0.717) is 6.42 Å². The van der Waals surface area contributed by atoms with Crippen LogP contribution < -0.4 is 5.32 Å². The Bertz CT molecular complexity index is 783. The van der Waals surface area contributed by atoms with Gasteiger partial charge in [0.25, 0.3) is 0 Å². The second-order valence-electron chi connectivity index (χ2n) is 4.92. The summed E-state index contributed by atoms with van der Waals surface area (Å²) in [6.45, 7) is 2.01. The Kier molecular flexibility index (Phi) is 4.25. The summed E-state index contributed by atoms with van der Waals surface area (Å²) in [4.78, 5) is 20.5. The molecule has 0 atom stereocenters. The molecule has 1 N–H and O–H groups in total. The third-order valence-corrected chi connectivity index (χ3v) is 4.27. The number of rotatable bonds is 4. The highest BCUT2D eigenvalue weighted by Crippen LogP contribution is 2.27. The summed E-state index contributed by atoms with van der Waals surface area (Å²) in [6.07, 6.45) is 5.52. The van der Waals surface area contributed by atoms with E-state index in [1.807, 2.05) is 43.3 Å². The van der Waals surface area contributed by atoms with Crippen LogP contribution in [0.4, 0.5) is 5.00 Å². The summed E-state index contributed by atoms with van der Waals surface area (Å²) in [6, 6.07) is 11.7. The molecular weight excluding hydrogens is 294 g/mol. The van der Waals surface area contributed by atoms with Crippen molar-refractivity contribution in [3.05, 3.63) is 66.1 Å². The Morgan fingerprint density at radius 2 is 1.95 bits per heavy atom. The van der Waals surface area contributed by atoms with E-state index in [1.54, 1.807) is 18.6 Å². The fraction of sp³-hybridized carbons (Fsp3) is 0.118. The van der Waals surface area contributed by atoms with Crippen LogP contribution in [0.2, 0.25) is 0 Å². The average Bonchev–Trinajstić information content (AvgIpc) is 2.99. The Balaban J connectivity index is 1.68. The van der Waals surface area contributed by atoms with E-state index >= 15 is 0 Å². The van der Waals surface area contributed by atoms with Crippen molar-refractivity contribution in [3.8, 4) is 10.6 Å². The first-order valence-corrected chi connectivity index (χ1v) is 7.74. The summed E-state index contributed by atoms with van der Waals surface area (Å²) in [7, 11) is 0. The number of thiazole rings is 1. The number of carbonyl (C=O) groups excluding carboxylic acids is 1. The van der Waals surface area contributed by atoms with Crippen molar-refractivity contribution in [2.75, 3.05) is 5.32 Å². The zero-order chi connectivity index (χ0) is 15.4. The van der Waals surface area contributed by atoms with Crippen LogP contribution in [0, 0.1) is 6.92 Å².